The average molecular weight is 416 g/mol. The molecule has 156 valence electrons. The summed E-state index contributed by atoms with van der Waals surface area (Å²) in [5.74, 6) is -0.200. The van der Waals surface area contributed by atoms with Crippen LogP contribution in [0.2, 0.25) is 0 Å². The van der Waals surface area contributed by atoms with Crippen molar-refractivity contribution in [1.82, 2.24) is 5.32 Å². The number of halogens is 1. The van der Waals surface area contributed by atoms with Crippen molar-refractivity contribution in [3.05, 3.63) is 65.7 Å². The molecular weight excluding hydrogens is 386 g/mol. The molecule has 0 aromatic heterocycles. The van der Waals surface area contributed by atoms with Gasteiger partial charge in [-0.25, -0.2) is 0 Å². The quantitative estimate of drug-likeness (QED) is 0.633. The van der Waals surface area contributed by atoms with Crippen molar-refractivity contribution < 1.29 is 9.59 Å². The van der Waals surface area contributed by atoms with Crippen LogP contribution in [-0.4, -0.2) is 11.8 Å². The second kappa shape index (κ2) is 11.0. The number of carbonyl (C=O) groups is 2. The van der Waals surface area contributed by atoms with Crippen LogP contribution in [0.4, 0.5) is 5.69 Å². The van der Waals surface area contributed by atoms with Gasteiger partial charge in [-0.05, 0) is 36.1 Å². The van der Waals surface area contributed by atoms with E-state index in [0.717, 1.165) is 42.5 Å². The maximum Gasteiger partial charge on any atom is 0.227 e. The molecule has 3 rings (SSSR count). The number of nitrogens with two attached hydrogens (primary N) is 1. The molecule has 2 aromatic rings. The largest absolute Gasteiger partial charge is 0.352 e. The highest BCUT2D eigenvalue weighted by Gasteiger charge is 2.23. The summed E-state index contributed by atoms with van der Waals surface area (Å²) in [7, 11) is 0. The standard InChI is InChI=1S/C23H29N3O2.ClH/c1-16(21(24)18-9-3-2-4-10-18)22(27)25-15-17-8-7-13-20(14-17)26-23(28)19-11-5-6-12-19;/h2-4,7-10,13-14,16,19,21H,5-6,11-12,15,24H2,1H3,(H,25,27)(H,26,28);1H. The molecule has 0 spiro atoms. The molecule has 1 aliphatic rings. The summed E-state index contributed by atoms with van der Waals surface area (Å²) in [5.41, 5.74) is 8.90. The topological polar surface area (TPSA) is 84.2 Å². The molecule has 2 unspecified atom stereocenters. The lowest BCUT2D eigenvalue weighted by Gasteiger charge is -2.20. The van der Waals surface area contributed by atoms with Gasteiger partial charge in [-0.15, -0.1) is 12.4 Å². The van der Waals surface area contributed by atoms with E-state index in [2.05, 4.69) is 10.6 Å². The van der Waals surface area contributed by atoms with Crippen LogP contribution in [0.15, 0.2) is 54.6 Å². The molecule has 2 amide bonds. The SMILES string of the molecule is CC(C(=O)NCc1cccc(NC(=O)C2CCCC2)c1)C(N)c1ccccc1.Cl. The summed E-state index contributed by atoms with van der Waals surface area (Å²) in [6, 6.07) is 16.9. The van der Waals surface area contributed by atoms with E-state index >= 15 is 0 Å². The zero-order chi connectivity index (χ0) is 19.9. The van der Waals surface area contributed by atoms with Crippen molar-refractivity contribution in [2.75, 3.05) is 5.32 Å². The fourth-order valence-corrected chi connectivity index (χ4v) is 3.67. The summed E-state index contributed by atoms with van der Waals surface area (Å²) < 4.78 is 0. The molecule has 2 aromatic carbocycles. The van der Waals surface area contributed by atoms with Gasteiger partial charge in [0.2, 0.25) is 11.8 Å². The summed E-state index contributed by atoms with van der Waals surface area (Å²) in [4.78, 5) is 24.8. The summed E-state index contributed by atoms with van der Waals surface area (Å²) in [6.07, 6.45) is 4.21. The van der Waals surface area contributed by atoms with Crippen LogP contribution >= 0.6 is 12.4 Å². The number of hydrogen-bond donors (Lipinski definition) is 3. The van der Waals surface area contributed by atoms with Crippen LogP contribution in [0.3, 0.4) is 0 Å². The maximum absolute atomic E-state index is 12.5. The molecule has 4 N–H and O–H groups in total. The predicted molar refractivity (Wildman–Crippen MR) is 119 cm³/mol. The molecule has 2 atom stereocenters. The number of benzene rings is 2. The first-order chi connectivity index (χ1) is 13.5. The minimum absolute atomic E-state index is 0. The van der Waals surface area contributed by atoms with E-state index in [9.17, 15) is 9.59 Å². The van der Waals surface area contributed by atoms with Gasteiger partial charge in [0.15, 0.2) is 0 Å². The van der Waals surface area contributed by atoms with Gasteiger partial charge in [-0.3, -0.25) is 9.59 Å². The first-order valence-electron chi connectivity index (χ1n) is 10.0. The van der Waals surface area contributed by atoms with Gasteiger partial charge in [-0.2, -0.15) is 0 Å². The number of hydrogen-bond acceptors (Lipinski definition) is 3. The number of rotatable bonds is 7. The lowest BCUT2D eigenvalue weighted by Crippen LogP contribution is -2.35. The van der Waals surface area contributed by atoms with Gasteiger partial charge < -0.3 is 16.4 Å². The van der Waals surface area contributed by atoms with Gasteiger partial charge in [0.1, 0.15) is 0 Å². The lowest BCUT2D eigenvalue weighted by molar-refractivity contribution is -0.125. The van der Waals surface area contributed by atoms with E-state index in [1.54, 1.807) is 0 Å². The zero-order valence-electron chi connectivity index (χ0n) is 16.8. The third-order valence-corrected chi connectivity index (χ3v) is 5.52. The van der Waals surface area contributed by atoms with E-state index in [0.29, 0.717) is 6.54 Å². The molecule has 1 fully saturated rings. The molecule has 29 heavy (non-hydrogen) atoms. The Kier molecular flexibility index (Phi) is 8.68. The molecular formula is C23H30ClN3O2. The minimum atomic E-state index is -0.349. The van der Waals surface area contributed by atoms with Crippen molar-refractivity contribution >= 4 is 29.9 Å². The lowest BCUT2D eigenvalue weighted by atomic mass is 9.94. The van der Waals surface area contributed by atoms with Crippen LogP contribution < -0.4 is 16.4 Å². The summed E-state index contributed by atoms with van der Waals surface area (Å²) in [6.45, 7) is 2.24. The highest BCUT2D eigenvalue weighted by atomic mass is 35.5. The first kappa shape index (κ1) is 22.9. The van der Waals surface area contributed by atoms with E-state index in [1.165, 1.54) is 0 Å². The third kappa shape index (κ3) is 6.31. The van der Waals surface area contributed by atoms with Crippen LogP contribution in [-0.2, 0) is 16.1 Å². The predicted octanol–water partition coefficient (Wildman–Crippen LogP) is 4.19. The van der Waals surface area contributed by atoms with Crippen molar-refractivity contribution in [2.45, 2.75) is 45.2 Å². The fraction of sp³-hybridized carbons (Fsp3) is 0.391. The Hall–Kier alpha value is -2.37. The van der Waals surface area contributed by atoms with Crippen molar-refractivity contribution in [2.24, 2.45) is 17.6 Å². The Morgan fingerprint density at radius 3 is 2.45 bits per heavy atom. The second-order valence-corrected chi connectivity index (χ2v) is 7.61. The molecule has 0 saturated heterocycles. The van der Waals surface area contributed by atoms with Crippen LogP contribution in [0.1, 0.15) is 49.8 Å². The Balaban J connectivity index is 0.00000300. The Labute approximate surface area is 178 Å². The van der Waals surface area contributed by atoms with Gasteiger partial charge in [0, 0.05) is 24.2 Å². The Morgan fingerprint density at radius 2 is 1.76 bits per heavy atom. The van der Waals surface area contributed by atoms with E-state index in [4.69, 9.17) is 5.73 Å². The molecule has 0 bridgehead atoms. The maximum atomic E-state index is 12.5. The number of carbonyl (C=O) groups excluding carboxylic acids is 2. The number of amides is 2. The molecule has 1 aliphatic carbocycles. The fourth-order valence-electron chi connectivity index (χ4n) is 3.67. The average Bonchev–Trinajstić information content (AvgIpc) is 3.27. The van der Waals surface area contributed by atoms with E-state index in [-0.39, 0.29) is 42.1 Å². The smallest absolute Gasteiger partial charge is 0.227 e. The van der Waals surface area contributed by atoms with E-state index in [1.807, 2.05) is 61.5 Å². The monoisotopic (exact) mass is 415 g/mol. The number of nitrogens with one attached hydrogen (secondary N) is 2. The number of anilines is 1. The summed E-state index contributed by atoms with van der Waals surface area (Å²) >= 11 is 0. The highest BCUT2D eigenvalue weighted by Crippen LogP contribution is 2.26. The minimum Gasteiger partial charge on any atom is -0.352 e. The van der Waals surface area contributed by atoms with Gasteiger partial charge in [-0.1, -0.05) is 62.2 Å². The van der Waals surface area contributed by atoms with Crippen molar-refractivity contribution in [3.63, 3.8) is 0 Å². The molecule has 0 radical (unpaired) electrons. The molecule has 5 nitrogen and oxygen atoms in total. The summed E-state index contributed by atoms with van der Waals surface area (Å²) in [5, 5.41) is 5.96. The van der Waals surface area contributed by atoms with Crippen LogP contribution in [0, 0.1) is 11.8 Å². The first-order valence-corrected chi connectivity index (χ1v) is 10.0. The van der Waals surface area contributed by atoms with Gasteiger partial charge in [0.05, 0.1) is 5.92 Å². The van der Waals surface area contributed by atoms with E-state index < -0.39 is 0 Å². The van der Waals surface area contributed by atoms with Crippen molar-refractivity contribution in [3.8, 4) is 0 Å². The zero-order valence-corrected chi connectivity index (χ0v) is 17.6. The third-order valence-electron chi connectivity index (χ3n) is 5.52. The van der Waals surface area contributed by atoms with Gasteiger partial charge >= 0.3 is 0 Å². The Morgan fingerprint density at radius 1 is 1.07 bits per heavy atom. The van der Waals surface area contributed by atoms with Crippen molar-refractivity contribution in [1.29, 1.82) is 0 Å². The molecule has 0 heterocycles. The second-order valence-electron chi connectivity index (χ2n) is 7.61. The molecule has 6 heteroatoms. The molecule has 0 aliphatic heterocycles. The molecule has 1 saturated carbocycles. The highest BCUT2D eigenvalue weighted by molar-refractivity contribution is 5.92. The van der Waals surface area contributed by atoms with Crippen LogP contribution in [0.5, 0.6) is 0 Å². The van der Waals surface area contributed by atoms with Gasteiger partial charge in [0.25, 0.3) is 0 Å². The normalized spacial score (nSPS) is 15.8. The van der Waals surface area contributed by atoms with Crippen LogP contribution in [0.25, 0.3) is 0 Å². The Bertz CT molecular complexity index is 807.